The first-order valence-electron chi connectivity index (χ1n) is 4.96. The summed E-state index contributed by atoms with van der Waals surface area (Å²) in [6, 6.07) is 0. The Morgan fingerprint density at radius 2 is 1.88 bits per heavy atom. The summed E-state index contributed by atoms with van der Waals surface area (Å²) in [5.74, 6) is 0. The number of rotatable bonds is 9. The summed E-state index contributed by atoms with van der Waals surface area (Å²) in [6.45, 7) is 1.25. The van der Waals surface area contributed by atoms with E-state index < -0.39 is 27.2 Å². The molecule has 0 fully saturated rings. The average Bonchev–Trinajstić information content (AvgIpc) is 2.13. The van der Waals surface area contributed by atoms with E-state index in [9.17, 15) is 9.13 Å². The van der Waals surface area contributed by atoms with Crippen LogP contribution in [-0.4, -0.2) is 39.2 Å². The molecule has 0 aliphatic heterocycles. The van der Waals surface area contributed by atoms with Gasteiger partial charge in [-0.1, -0.05) is 0 Å². The van der Waals surface area contributed by atoms with Crippen LogP contribution in [0.1, 0.15) is 13.8 Å². The molecule has 102 valence electrons. The highest BCUT2D eigenvalue weighted by atomic mass is 35.7. The van der Waals surface area contributed by atoms with Gasteiger partial charge in [-0.15, -0.1) is 4.52 Å². The summed E-state index contributed by atoms with van der Waals surface area (Å²) >= 11 is 5.57. The average molecular weight is 308 g/mol. The van der Waals surface area contributed by atoms with Crippen molar-refractivity contribution in [2.75, 3.05) is 27.0 Å². The first kappa shape index (κ1) is 17.5. The Morgan fingerprint density at radius 3 is 2.35 bits per heavy atom. The lowest BCUT2D eigenvalue weighted by Crippen LogP contribution is -2.15. The van der Waals surface area contributed by atoms with Gasteiger partial charge in [-0.2, -0.15) is 0 Å². The zero-order chi connectivity index (χ0) is 13.5. The first-order valence-corrected chi connectivity index (χ1v) is 9.03. The maximum atomic E-state index is 11.6. The Labute approximate surface area is 107 Å². The Balaban J connectivity index is 4.00. The fourth-order valence-corrected chi connectivity index (χ4v) is 3.07. The molecule has 0 aliphatic carbocycles. The van der Waals surface area contributed by atoms with E-state index in [1.54, 1.807) is 13.8 Å². The Morgan fingerprint density at radius 1 is 1.29 bits per heavy atom. The van der Waals surface area contributed by atoms with Gasteiger partial charge in [0.05, 0.1) is 19.3 Å². The predicted molar refractivity (Wildman–Crippen MR) is 65.9 cm³/mol. The third-order valence-corrected chi connectivity index (χ3v) is 3.76. The molecule has 0 aliphatic rings. The maximum Gasteiger partial charge on any atom is 0.505 e. The van der Waals surface area contributed by atoms with Crippen LogP contribution in [0.25, 0.3) is 0 Å². The highest BCUT2D eigenvalue weighted by Crippen LogP contribution is 2.54. The highest BCUT2D eigenvalue weighted by Gasteiger charge is 2.27. The van der Waals surface area contributed by atoms with Crippen LogP contribution in [0.4, 0.5) is 0 Å². The predicted octanol–water partition coefficient (Wildman–Crippen LogP) is 3.18. The monoisotopic (exact) mass is 307 g/mol. The van der Waals surface area contributed by atoms with Gasteiger partial charge in [0.2, 0.25) is 0 Å². The smallest absolute Gasteiger partial charge is 0.382 e. The number of ether oxygens (including phenoxy) is 1. The molecule has 0 heterocycles. The normalized spacial score (nSPS) is 19.5. The van der Waals surface area contributed by atoms with E-state index in [-0.39, 0.29) is 13.2 Å². The summed E-state index contributed by atoms with van der Waals surface area (Å²) in [7, 11) is -0.240. The van der Waals surface area contributed by atoms with Crippen LogP contribution < -0.4 is 0 Å². The fourth-order valence-electron chi connectivity index (χ4n) is 0.988. The summed E-state index contributed by atoms with van der Waals surface area (Å²) < 4.78 is 42.0. The molecule has 9 heteroatoms. The molecule has 0 saturated heterocycles. The second-order valence-electron chi connectivity index (χ2n) is 3.45. The van der Waals surface area contributed by atoms with Crippen molar-refractivity contribution in [1.82, 2.24) is 0 Å². The van der Waals surface area contributed by atoms with E-state index in [1.807, 2.05) is 0 Å². The minimum atomic E-state index is -3.66. The van der Waals surface area contributed by atoms with Gasteiger partial charge in [-0.05, 0) is 18.4 Å². The van der Waals surface area contributed by atoms with Crippen molar-refractivity contribution in [3.8, 4) is 0 Å². The van der Waals surface area contributed by atoms with E-state index in [4.69, 9.17) is 29.5 Å². The minimum Gasteiger partial charge on any atom is -0.382 e. The Hall–Kier alpha value is 0.460. The SMILES string of the molecule is COCC(C)OP(=O)(Cl)OCC(C)O[P+](C)=O. The zero-order valence-electron chi connectivity index (χ0n) is 10.3. The lowest BCUT2D eigenvalue weighted by atomic mass is 10.5. The number of hydrogen-bond donors (Lipinski definition) is 0. The standard InChI is InChI=1S/C8H18ClO6P2/c1-7(14-16(4)10)6-13-17(9,11)15-8(2)5-12-3/h7-8H,5-6H2,1-4H3/q+1. The molecule has 0 aromatic carbocycles. The third-order valence-electron chi connectivity index (χ3n) is 1.50. The van der Waals surface area contributed by atoms with E-state index in [1.165, 1.54) is 13.8 Å². The van der Waals surface area contributed by atoms with Crippen LogP contribution >= 0.6 is 26.2 Å². The van der Waals surface area contributed by atoms with Crippen LogP contribution in [0.5, 0.6) is 0 Å². The van der Waals surface area contributed by atoms with Crippen molar-refractivity contribution in [2.45, 2.75) is 26.1 Å². The molecule has 0 radical (unpaired) electrons. The van der Waals surface area contributed by atoms with Crippen LogP contribution in [0.2, 0.25) is 0 Å². The number of methoxy groups -OCH3 is 1. The van der Waals surface area contributed by atoms with Crippen LogP contribution in [0.15, 0.2) is 0 Å². The van der Waals surface area contributed by atoms with Gasteiger partial charge in [-0.3, -0.25) is 9.05 Å². The molecule has 6 nitrogen and oxygen atoms in total. The lowest BCUT2D eigenvalue weighted by molar-refractivity contribution is 0.0713. The highest BCUT2D eigenvalue weighted by molar-refractivity contribution is 7.81. The molecule has 4 unspecified atom stereocenters. The van der Waals surface area contributed by atoms with E-state index in [0.717, 1.165) is 0 Å². The molecule has 0 amide bonds. The van der Waals surface area contributed by atoms with E-state index in [0.29, 0.717) is 0 Å². The van der Waals surface area contributed by atoms with Crippen LogP contribution in [-0.2, 0) is 27.4 Å². The van der Waals surface area contributed by atoms with Gasteiger partial charge in [0.25, 0.3) is 0 Å². The van der Waals surface area contributed by atoms with Crippen molar-refractivity contribution < 1.29 is 27.4 Å². The summed E-state index contributed by atoms with van der Waals surface area (Å²) in [5.41, 5.74) is 0. The molecular weight excluding hydrogens is 289 g/mol. The fraction of sp³-hybridized carbons (Fsp3) is 1.00. The van der Waals surface area contributed by atoms with Crippen molar-refractivity contribution in [2.24, 2.45) is 0 Å². The van der Waals surface area contributed by atoms with Crippen molar-refractivity contribution >= 4 is 26.2 Å². The van der Waals surface area contributed by atoms with Crippen LogP contribution in [0, 0.1) is 0 Å². The maximum absolute atomic E-state index is 11.6. The second-order valence-corrected chi connectivity index (χ2v) is 7.12. The molecular formula is C8H18ClO6P2+. The van der Waals surface area contributed by atoms with E-state index >= 15 is 0 Å². The molecule has 0 spiro atoms. The molecule has 0 aromatic heterocycles. The molecule has 0 aromatic rings. The molecule has 0 N–H and O–H groups in total. The summed E-state index contributed by atoms with van der Waals surface area (Å²) in [4.78, 5) is 0. The largest absolute Gasteiger partial charge is 0.505 e. The molecule has 17 heavy (non-hydrogen) atoms. The summed E-state index contributed by atoms with van der Waals surface area (Å²) in [5, 5.41) is 0. The first-order chi connectivity index (χ1) is 7.76. The molecule has 0 rings (SSSR count). The molecule has 0 saturated carbocycles. The third kappa shape index (κ3) is 10.1. The molecule has 0 bridgehead atoms. The minimum absolute atomic E-state index is 0.0601. The van der Waals surface area contributed by atoms with Gasteiger partial charge in [0.1, 0.15) is 6.10 Å². The Bertz CT molecular complexity index is 287. The van der Waals surface area contributed by atoms with Crippen molar-refractivity contribution in [1.29, 1.82) is 0 Å². The summed E-state index contributed by atoms with van der Waals surface area (Å²) in [6.07, 6.45) is -0.917. The number of halogens is 1. The van der Waals surface area contributed by atoms with Crippen LogP contribution in [0.3, 0.4) is 0 Å². The van der Waals surface area contributed by atoms with Crippen molar-refractivity contribution in [3.05, 3.63) is 0 Å². The van der Waals surface area contributed by atoms with Gasteiger partial charge in [0.15, 0.2) is 6.66 Å². The van der Waals surface area contributed by atoms with Gasteiger partial charge < -0.3 is 4.74 Å². The van der Waals surface area contributed by atoms with Gasteiger partial charge in [0, 0.05) is 18.4 Å². The topological polar surface area (TPSA) is 71.1 Å². The van der Waals surface area contributed by atoms with Gasteiger partial charge in [-0.25, -0.2) is 4.57 Å². The van der Waals surface area contributed by atoms with Gasteiger partial charge >= 0.3 is 15.0 Å². The van der Waals surface area contributed by atoms with Crippen molar-refractivity contribution in [3.63, 3.8) is 0 Å². The zero-order valence-corrected chi connectivity index (χ0v) is 12.8. The Kier molecular flexibility index (Phi) is 8.77. The number of hydrogen-bond acceptors (Lipinski definition) is 6. The lowest BCUT2D eigenvalue weighted by Gasteiger charge is -2.17. The molecule has 4 atom stereocenters. The quantitative estimate of drug-likeness (QED) is 0.609. The second kappa shape index (κ2) is 8.54. The van der Waals surface area contributed by atoms with E-state index in [2.05, 4.69) is 0 Å².